The van der Waals surface area contributed by atoms with E-state index in [1.165, 1.54) is 0 Å². The first-order valence-corrected chi connectivity index (χ1v) is 5.19. The normalized spacial score (nSPS) is 12.6. The molecule has 0 aliphatic rings. The predicted octanol–water partition coefficient (Wildman–Crippen LogP) is 2.32. The van der Waals surface area contributed by atoms with Gasteiger partial charge in [-0.15, -0.1) is 0 Å². The number of fused-ring (bicyclic) bond motifs is 1. The second kappa shape index (κ2) is 4.43. The lowest BCUT2D eigenvalue weighted by atomic mass is 10.1. The molecule has 0 saturated heterocycles. The molecule has 0 fully saturated rings. The summed E-state index contributed by atoms with van der Waals surface area (Å²) >= 11 is 0. The van der Waals surface area contributed by atoms with Gasteiger partial charge in [0, 0.05) is 5.39 Å². The highest BCUT2D eigenvalue weighted by atomic mass is 15.2. The highest BCUT2D eigenvalue weighted by molar-refractivity contribution is 5.78. The van der Waals surface area contributed by atoms with Crippen LogP contribution in [0.1, 0.15) is 18.7 Å². The standard InChI is InChI=1S/C13H15N3/c1-9(2)13(16-14)12-8-7-10-5-3-4-6-11(10)15-12/h3-8,13,16H,1,14H2,2H3. The van der Waals surface area contributed by atoms with Crippen molar-refractivity contribution in [2.75, 3.05) is 0 Å². The van der Waals surface area contributed by atoms with E-state index >= 15 is 0 Å². The number of nitrogens with two attached hydrogens (primary N) is 1. The Bertz CT molecular complexity index is 519. The van der Waals surface area contributed by atoms with Gasteiger partial charge in [-0.3, -0.25) is 10.8 Å². The van der Waals surface area contributed by atoms with Crippen molar-refractivity contribution in [2.45, 2.75) is 13.0 Å². The predicted molar refractivity (Wildman–Crippen MR) is 66.6 cm³/mol. The largest absolute Gasteiger partial charge is 0.271 e. The lowest BCUT2D eigenvalue weighted by Crippen LogP contribution is -2.29. The fourth-order valence-electron chi connectivity index (χ4n) is 1.72. The molecule has 2 rings (SSSR count). The van der Waals surface area contributed by atoms with Gasteiger partial charge in [0.25, 0.3) is 0 Å². The highest BCUT2D eigenvalue weighted by Crippen LogP contribution is 2.20. The molecule has 3 N–H and O–H groups in total. The quantitative estimate of drug-likeness (QED) is 0.467. The summed E-state index contributed by atoms with van der Waals surface area (Å²) in [4.78, 5) is 4.56. The van der Waals surface area contributed by atoms with Crippen molar-refractivity contribution in [2.24, 2.45) is 5.84 Å². The third-order valence-corrected chi connectivity index (χ3v) is 2.58. The number of benzene rings is 1. The first-order chi connectivity index (χ1) is 7.72. The molecule has 0 saturated carbocycles. The maximum absolute atomic E-state index is 5.50. The van der Waals surface area contributed by atoms with Gasteiger partial charge < -0.3 is 0 Å². The van der Waals surface area contributed by atoms with Crippen molar-refractivity contribution in [3.05, 3.63) is 54.2 Å². The van der Waals surface area contributed by atoms with E-state index in [9.17, 15) is 0 Å². The van der Waals surface area contributed by atoms with Gasteiger partial charge in [0.05, 0.1) is 17.3 Å². The zero-order valence-electron chi connectivity index (χ0n) is 9.27. The minimum atomic E-state index is -0.0930. The van der Waals surface area contributed by atoms with E-state index in [-0.39, 0.29) is 6.04 Å². The monoisotopic (exact) mass is 213 g/mol. The van der Waals surface area contributed by atoms with E-state index in [1.807, 2.05) is 43.3 Å². The highest BCUT2D eigenvalue weighted by Gasteiger charge is 2.11. The number of hydrogen-bond donors (Lipinski definition) is 2. The Hall–Kier alpha value is -1.71. The van der Waals surface area contributed by atoms with Crippen LogP contribution >= 0.6 is 0 Å². The second-order valence-electron chi connectivity index (χ2n) is 3.87. The summed E-state index contributed by atoms with van der Waals surface area (Å²) in [5.41, 5.74) is 5.54. The zero-order chi connectivity index (χ0) is 11.5. The zero-order valence-corrected chi connectivity index (χ0v) is 9.27. The molecule has 0 aliphatic heterocycles. The number of rotatable bonds is 3. The van der Waals surface area contributed by atoms with Crippen molar-refractivity contribution in [1.29, 1.82) is 0 Å². The van der Waals surface area contributed by atoms with Crippen molar-refractivity contribution in [3.8, 4) is 0 Å². The molecule has 1 aromatic carbocycles. The maximum atomic E-state index is 5.50. The number of aromatic nitrogens is 1. The Morgan fingerprint density at radius 2 is 2.06 bits per heavy atom. The van der Waals surface area contributed by atoms with Crippen LogP contribution in [0.2, 0.25) is 0 Å². The summed E-state index contributed by atoms with van der Waals surface area (Å²) < 4.78 is 0. The van der Waals surface area contributed by atoms with E-state index < -0.39 is 0 Å². The summed E-state index contributed by atoms with van der Waals surface area (Å²) in [6, 6.07) is 11.9. The third-order valence-electron chi connectivity index (χ3n) is 2.58. The van der Waals surface area contributed by atoms with Gasteiger partial charge in [0.1, 0.15) is 0 Å². The Kier molecular flexibility index (Phi) is 2.99. The average Bonchev–Trinajstić information content (AvgIpc) is 2.29. The van der Waals surface area contributed by atoms with Crippen LogP contribution in [0, 0.1) is 0 Å². The molecule has 0 radical (unpaired) electrons. The molecule has 1 heterocycles. The Balaban J connectivity index is 2.49. The van der Waals surface area contributed by atoms with Crippen LogP contribution in [0.5, 0.6) is 0 Å². The van der Waals surface area contributed by atoms with Crippen LogP contribution in [-0.4, -0.2) is 4.98 Å². The number of hydrazine groups is 1. The Labute approximate surface area is 95.0 Å². The SMILES string of the molecule is C=C(C)C(NN)c1ccc2ccccc2n1. The first kappa shape index (κ1) is 10.8. The van der Waals surface area contributed by atoms with Crippen LogP contribution in [0.4, 0.5) is 0 Å². The molecule has 0 amide bonds. The van der Waals surface area contributed by atoms with Crippen LogP contribution < -0.4 is 11.3 Å². The van der Waals surface area contributed by atoms with Gasteiger partial charge in [-0.25, -0.2) is 5.43 Å². The van der Waals surface area contributed by atoms with Gasteiger partial charge in [0.2, 0.25) is 0 Å². The van der Waals surface area contributed by atoms with Crippen LogP contribution in [0.3, 0.4) is 0 Å². The number of nitrogens with zero attached hydrogens (tertiary/aromatic N) is 1. The minimum absolute atomic E-state index is 0.0930. The fourth-order valence-corrected chi connectivity index (χ4v) is 1.72. The minimum Gasteiger partial charge on any atom is -0.271 e. The lowest BCUT2D eigenvalue weighted by molar-refractivity contribution is 0.613. The van der Waals surface area contributed by atoms with E-state index in [4.69, 9.17) is 5.84 Å². The molecule has 0 aliphatic carbocycles. The molecule has 3 nitrogen and oxygen atoms in total. The van der Waals surface area contributed by atoms with E-state index in [1.54, 1.807) is 0 Å². The third kappa shape index (κ3) is 1.96. The molecule has 82 valence electrons. The van der Waals surface area contributed by atoms with E-state index in [0.717, 1.165) is 22.2 Å². The maximum Gasteiger partial charge on any atom is 0.0836 e. The number of pyridine rings is 1. The Morgan fingerprint density at radius 3 is 2.75 bits per heavy atom. The second-order valence-corrected chi connectivity index (χ2v) is 3.87. The van der Waals surface area contributed by atoms with Crippen molar-refractivity contribution in [1.82, 2.24) is 10.4 Å². The summed E-state index contributed by atoms with van der Waals surface area (Å²) in [7, 11) is 0. The lowest BCUT2D eigenvalue weighted by Gasteiger charge is -2.15. The van der Waals surface area contributed by atoms with Crippen LogP contribution in [-0.2, 0) is 0 Å². The molecule has 1 unspecified atom stereocenters. The molecular formula is C13H15N3. The van der Waals surface area contributed by atoms with Gasteiger partial charge in [0.15, 0.2) is 0 Å². The topological polar surface area (TPSA) is 50.9 Å². The Morgan fingerprint density at radius 1 is 1.31 bits per heavy atom. The van der Waals surface area contributed by atoms with Gasteiger partial charge in [-0.1, -0.05) is 36.4 Å². The smallest absolute Gasteiger partial charge is 0.0836 e. The van der Waals surface area contributed by atoms with Gasteiger partial charge in [-0.2, -0.15) is 0 Å². The fraction of sp³-hybridized carbons (Fsp3) is 0.154. The summed E-state index contributed by atoms with van der Waals surface area (Å²) in [6.07, 6.45) is 0. The van der Waals surface area contributed by atoms with Crippen molar-refractivity contribution in [3.63, 3.8) is 0 Å². The molecule has 1 aromatic heterocycles. The molecule has 1 atom stereocenters. The molecular weight excluding hydrogens is 198 g/mol. The van der Waals surface area contributed by atoms with Crippen LogP contribution in [0.15, 0.2) is 48.6 Å². The first-order valence-electron chi connectivity index (χ1n) is 5.19. The molecule has 2 aromatic rings. The molecule has 0 bridgehead atoms. The summed E-state index contributed by atoms with van der Waals surface area (Å²) in [5.74, 6) is 5.50. The average molecular weight is 213 g/mol. The van der Waals surface area contributed by atoms with E-state index in [0.29, 0.717) is 0 Å². The van der Waals surface area contributed by atoms with Crippen LogP contribution in [0.25, 0.3) is 10.9 Å². The molecule has 16 heavy (non-hydrogen) atoms. The number of para-hydroxylation sites is 1. The number of nitrogens with one attached hydrogen (secondary N) is 1. The summed E-state index contributed by atoms with van der Waals surface area (Å²) in [5, 5.41) is 1.13. The van der Waals surface area contributed by atoms with Gasteiger partial charge >= 0.3 is 0 Å². The summed E-state index contributed by atoms with van der Waals surface area (Å²) in [6.45, 7) is 5.83. The molecule has 3 heteroatoms. The number of hydrogen-bond acceptors (Lipinski definition) is 3. The van der Waals surface area contributed by atoms with Gasteiger partial charge in [-0.05, 0) is 19.1 Å². The molecule has 0 spiro atoms. The van der Waals surface area contributed by atoms with Crippen molar-refractivity contribution < 1.29 is 0 Å². The van der Waals surface area contributed by atoms with Crippen molar-refractivity contribution >= 4 is 10.9 Å². The van der Waals surface area contributed by atoms with E-state index in [2.05, 4.69) is 17.0 Å².